The maximum Gasteiger partial charge on any atom is 0.159 e. The van der Waals surface area contributed by atoms with Gasteiger partial charge in [-0.05, 0) is 37.7 Å². The number of aromatic nitrogens is 2. The van der Waals surface area contributed by atoms with Gasteiger partial charge in [0.1, 0.15) is 4.99 Å². The molecule has 0 aliphatic heterocycles. The maximum atomic E-state index is 5.84. The Morgan fingerprint density at radius 2 is 2.00 bits per heavy atom. The molecule has 3 N–H and O–H groups in total. The van der Waals surface area contributed by atoms with Crippen LogP contribution in [0.15, 0.2) is 0 Å². The van der Waals surface area contributed by atoms with Crippen LogP contribution in [0, 0.1) is 25.7 Å². The van der Waals surface area contributed by atoms with Gasteiger partial charge in [0.25, 0.3) is 0 Å². The Labute approximate surface area is 126 Å². The van der Waals surface area contributed by atoms with E-state index < -0.39 is 0 Å². The number of anilines is 1. The molecule has 5 heteroatoms. The molecule has 1 saturated carbocycles. The molecule has 2 atom stereocenters. The minimum Gasteiger partial charge on any atom is -0.389 e. The largest absolute Gasteiger partial charge is 0.389 e. The van der Waals surface area contributed by atoms with Crippen LogP contribution in [0.1, 0.15) is 49.4 Å². The van der Waals surface area contributed by atoms with Crippen molar-refractivity contribution >= 4 is 23.0 Å². The number of aryl methyl sites for hydroxylation is 1. The molecule has 0 amide bonds. The van der Waals surface area contributed by atoms with Crippen molar-refractivity contribution in [3.63, 3.8) is 0 Å². The van der Waals surface area contributed by atoms with Crippen LogP contribution in [0.5, 0.6) is 0 Å². The van der Waals surface area contributed by atoms with Crippen LogP contribution >= 0.6 is 12.2 Å². The van der Waals surface area contributed by atoms with E-state index in [1.807, 2.05) is 13.8 Å². The molecule has 0 bridgehead atoms. The molecule has 2 unspecified atom stereocenters. The fourth-order valence-electron chi connectivity index (χ4n) is 2.96. The van der Waals surface area contributed by atoms with Crippen molar-refractivity contribution in [2.75, 3.05) is 11.9 Å². The zero-order valence-corrected chi connectivity index (χ0v) is 13.4. The first-order valence-electron chi connectivity index (χ1n) is 7.38. The highest BCUT2D eigenvalue weighted by Crippen LogP contribution is 2.30. The minimum absolute atomic E-state index is 0.389. The van der Waals surface area contributed by atoms with Crippen LogP contribution in [0.25, 0.3) is 0 Å². The Hall–Kier alpha value is -1.23. The predicted molar refractivity (Wildman–Crippen MR) is 87.0 cm³/mol. The maximum absolute atomic E-state index is 5.84. The lowest BCUT2D eigenvalue weighted by atomic mass is 9.80. The van der Waals surface area contributed by atoms with Gasteiger partial charge in [-0.1, -0.05) is 38.4 Å². The summed E-state index contributed by atoms with van der Waals surface area (Å²) in [6.45, 7) is 7.18. The fraction of sp³-hybridized carbons (Fsp3) is 0.667. The van der Waals surface area contributed by atoms with Crippen LogP contribution in [0.4, 0.5) is 5.82 Å². The van der Waals surface area contributed by atoms with Crippen molar-refractivity contribution < 1.29 is 0 Å². The van der Waals surface area contributed by atoms with E-state index in [9.17, 15) is 0 Å². The van der Waals surface area contributed by atoms with E-state index in [0.717, 1.165) is 35.1 Å². The van der Waals surface area contributed by atoms with Gasteiger partial charge in [-0.15, -0.1) is 5.10 Å². The molecule has 1 aliphatic carbocycles. The lowest BCUT2D eigenvalue weighted by Gasteiger charge is -2.29. The Kier molecular flexibility index (Phi) is 4.91. The number of nitrogens with one attached hydrogen (secondary N) is 1. The van der Waals surface area contributed by atoms with E-state index in [1.165, 1.54) is 25.7 Å². The summed E-state index contributed by atoms with van der Waals surface area (Å²) in [4.78, 5) is 0.389. The zero-order valence-electron chi connectivity index (χ0n) is 12.6. The third-order valence-electron chi connectivity index (χ3n) is 4.52. The highest BCUT2D eigenvalue weighted by atomic mass is 32.1. The lowest BCUT2D eigenvalue weighted by Crippen LogP contribution is -2.26. The highest BCUT2D eigenvalue weighted by molar-refractivity contribution is 7.80. The molecule has 1 heterocycles. The molecule has 0 saturated heterocycles. The number of hydrogen-bond acceptors (Lipinski definition) is 4. The summed E-state index contributed by atoms with van der Waals surface area (Å²) < 4.78 is 0. The van der Waals surface area contributed by atoms with Gasteiger partial charge in [-0.25, -0.2) is 0 Å². The SMILES string of the molecule is Cc1nnc(NCC2CCCCC2C)c(C(N)=S)c1C. The van der Waals surface area contributed by atoms with Crippen LogP contribution in [-0.4, -0.2) is 21.7 Å². The Morgan fingerprint density at radius 1 is 1.30 bits per heavy atom. The summed E-state index contributed by atoms with van der Waals surface area (Å²) in [5, 5.41) is 11.8. The average molecular weight is 292 g/mol. The third-order valence-corrected chi connectivity index (χ3v) is 4.73. The van der Waals surface area contributed by atoms with Crippen molar-refractivity contribution in [3.05, 3.63) is 16.8 Å². The van der Waals surface area contributed by atoms with Crippen molar-refractivity contribution in [2.24, 2.45) is 17.6 Å². The number of nitrogens with two attached hydrogens (primary N) is 1. The zero-order chi connectivity index (χ0) is 14.7. The molecule has 20 heavy (non-hydrogen) atoms. The molecular weight excluding hydrogens is 268 g/mol. The van der Waals surface area contributed by atoms with Crippen LogP contribution in [0.3, 0.4) is 0 Å². The van der Waals surface area contributed by atoms with Gasteiger partial charge < -0.3 is 11.1 Å². The first kappa shape index (κ1) is 15.2. The van der Waals surface area contributed by atoms with Gasteiger partial charge in [0.05, 0.1) is 11.3 Å². The van der Waals surface area contributed by atoms with E-state index in [-0.39, 0.29) is 0 Å². The molecule has 0 radical (unpaired) electrons. The molecular formula is C15H24N4S. The standard InChI is InChI=1S/C15H24N4S/c1-9-6-4-5-7-12(9)8-17-15-13(14(16)20)10(2)11(3)18-19-15/h9,12H,4-8H2,1-3H3,(H2,16,20)(H,17,19). The van der Waals surface area contributed by atoms with Crippen molar-refractivity contribution in [2.45, 2.75) is 46.5 Å². The number of rotatable bonds is 4. The lowest BCUT2D eigenvalue weighted by molar-refractivity contribution is 0.268. The predicted octanol–water partition coefficient (Wildman–Crippen LogP) is 2.97. The smallest absolute Gasteiger partial charge is 0.159 e. The number of thiocarbonyl (C=S) groups is 1. The molecule has 110 valence electrons. The summed E-state index contributed by atoms with van der Waals surface area (Å²) in [5.74, 6) is 2.20. The van der Waals surface area contributed by atoms with E-state index in [1.54, 1.807) is 0 Å². The van der Waals surface area contributed by atoms with Crippen LogP contribution < -0.4 is 11.1 Å². The molecule has 2 rings (SSSR count). The fourth-order valence-corrected chi connectivity index (χ4v) is 3.21. The molecule has 4 nitrogen and oxygen atoms in total. The van der Waals surface area contributed by atoms with Crippen molar-refractivity contribution in [1.29, 1.82) is 0 Å². The molecule has 0 aromatic carbocycles. The summed E-state index contributed by atoms with van der Waals surface area (Å²) in [6.07, 6.45) is 5.30. The summed E-state index contributed by atoms with van der Waals surface area (Å²) >= 11 is 5.16. The number of hydrogen-bond donors (Lipinski definition) is 2. The molecule has 1 aromatic rings. The Morgan fingerprint density at radius 3 is 2.65 bits per heavy atom. The van der Waals surface area contributed by atoms with Crippen molar-refractivity contribution in [1.82, 2.24) is 10.2 Å². The Bertz CT molecular complexity index is 501. The highest BCUT2D eigenvalue weighted by Gasteiger charge is 2.22. The monoisotopic (exact) mass is 292 g/mol. The van der Waals surface area contributed by atoms with Crippen LogP contribution in [-0.2, 0) is 0 Å². The second-order valence-corrected chi connectivity index (χ2v) is 6.34. The molecule has 1 fully saturated rings. The van der Waals surface area contributed by atoms with Gasteiger partial charge in [-0.3, -0.25) is 0 Å². The van der Waals surface area contributed by atoms with Gasteiger partial charge in [-0.2, -0.15) is 5.10 Å². The van der Waals surface area contributed by atoms with E-state index in [4.69, 9.17) is 18.0 Å². The molecule has 1 aliphatic rings. The topological polar surface area (TPSA) is 63.8 Å². The molecule has 1 aromatic heterocycles. The second-order valence-electron chi connectivity index (χ2n) is 5.90. The summed E-state index contributed by atoms with van der Waals surface area (Å²) in [5.41, 5.74) is 8.59. The third kappa shape index (κ3) is 3.26. The van der Waals surface area contributed by atoms with E-state index >= 15 is 0 Å². The van der Waals surface area contributed by atoms with E-state index in [0.29, 0.717) is 10.9 Å². The van der Waals surface area contributed by atoms with Crippen molar-refractivity contribution in [3.8, 4) is 0 Å². The minimum atomic E-state index is 0.389. The van der Waals surface area contributed by atoms with Gasteiger partial charge in [0.15, 0.2) is 5.82 Å². The van der Waals surface area contributed by atoms with Gasteiger partial charge in [0.2, 0.25) is 0 Å². The average Bonchev–Trinajstić information content (AvgIpc) is 2.41. The first-order chi connectivity index (χ1) is 9.50. The summed E-state index contributed by atoms with van der Waals surface area (Å²) in [7, 11) is 0. The van der Waals surface area contributed by atoms with Gasteiger partial charge >= 0.3 is 0 Å². The normalized spacial score (nSPS) is 22.6. The second kappa shape index (κ2) is 6.48. The first-order valence-corrected chi connectivity index (χ1v) is 7.79. The van der Waals surface area contributed by atoms with Gasteiger partial charge in [0, 0.05) is 6.54 Å². The summed E-state index contributed by atoms with van der Waals surface area (Å²) in [6, 6.07) is 0. The quantitative estimate of drug-likeness (QED) is 0.835. The number of nitrogens with zero attached hydrogens (tertiary/aromatic N) is 2. The molecule has 0 spiro atoms. The van der Waals surface area contributed by atoms with Crippen LogP contribution in [0.2, 0.25) is 0 Å². The Balaban J connectivity index is 2.13. The van der Waals surface area contributed by atoms with E-state index in [2.05, 4.69) is 22.4 Å².